The molecule has 4 heteroatoms. The lowest BCUT2D eigenvalue weighted by Gasteiger charge is -2.33. The number of nitrogens with one attached hydrogen (secondary N) is 1. The maximum absolute atomic E-state index is 9.61. The SMILES string of the molecule is CCC1CNCCC1CC(O)C(Cl)Cl. The summed E-state index contributed by atoms with van der Waals surface area (Å²) in [5, 5.41) is 13.0. The fourth-order valence-corrected chi connectivity index (χ4v) is 2.38. The second-order valence-corrected chi connectivity index (χ2v) is 5.22. The van der Waals surface area contributed by atoms with Crippen LogP contribution < -0.4 is 5.32 Å². The van der Waals surface area contributed by atoms with Crippen LogP contribution >= 0.6 is 23.2 Å². The molecule has 1 heterocycles. The molecule has 3 unspecified atom stereocenters. The van der Waals surface area contributed by atoms with Gasteiger partial charge in [0.2, 0.25) is 0 Å². The summed E-state index contributed by atoms with van der Waals surface area (Å²) in [5.41, 5.74) is 0. The van der Waals surface area contributed by atoms with E-state index in [0.717, 1.165) is 32.4 Å². The van der Waals surface area contributed by atoms with Crippen LogP contribution in [0.1, 0.15) is 26.2 Å². The molecule has 0 aromatic heterocycles. The first-order valence-electron chi connectivity index (χ1n) is 5.32. The number of hydrogen-bond acceptors (Lipinski definition) is 2. The Bertz CT molecular complexity index is 166. The number of halogens is 2. The van der Waals surface area contributed by atoms with E-state index in [-0.39, 0.29) is 0 Å². The number of aliphatic hydroxyl groups excluding tert-OH is 1. The van der Waals surface area contributed by atoms with Crippen LogP contribution in [-0.4, -0.2) is 29.1 Å². The molecule has 0 aromatic carbocycles. The molecule has 0 radical (unpaired) electrons. The normalized spacial score (nSPS) is 30.6. The average molecular weight is 240 g/mol. The van der Waals surface area contributed by atoms with Crippen LogP contribution in [0.25, 0.3) is 0 Å². The van der Waals surface area contributed by atoms with Crippen LogP contribution in [0.3, 0.4) is 0 Å². The van der Waals surface area contributed by atoms with Crippen molar-refractivity contribution in [3.63, 3.8) is 0 Å². The lowest BCUT2D eigenvalue weighted by Crippen LogP contribution is -2.38. The van der Waals surface area contributed by atoms with Gasteiger partial charge in [0.25, 0.3) is 0 Å². The van der Waals surface area contributed by atoms with E-state index in [1.807, 2.05) is 0 Å². The predicted octanol–water partition coefficient (Wildman–Crippen LogP) is 2.18. The van der Waals surface area contributed by atoms with Gasteiger partial charge in [0.05, 0.1) is 6.10 Å². The summed E-state index contributed by atoms with van der Waals surface area (Å²) in [6, 6.07) is 0. The summed E-state index contributed by atoms with van der Waals surface area (Å²) in [5.74, 6) is 1.22. The Morgan fingerprint density at radius 3 is 2.71 bits per heavy atom. The highest BCUT2D eigenvalue weighted by atomic mass is 35.5. The summed E-state index contributed by atoms with van der Waals surface area (Å²) in [4.78, 5) is -0.651. The van der Waals surface area contributed by atoms with Crippen LogP contribution in [0.15, 0.2) is 0 Å². The van der Waals surface area contributed by atoms with Gasteiger partial charge in [-0.05, 0) is 37.8 Å². The molecule has 84 valence electrons. The number of piperidine rings is 1. The zero-order valence-electron chi connectivity index (χ0n) is 8.55. The minimum Gasteiger partial charge on any atom is -0.390 e. The zero-order valence-corrected chi connectivity index (χ0v) is 10.1. The van der Waals surface area contributed by atoms with E-state index < -0.39 is 10.9 Å². The molecule has 1 aliphatic heterocycles. The Kier molecular flexibility index (Phi) is 5.53. The summed E-state index contributed by atoms with van der Waals surface area (Å²) in [6.45, 7) is 4.29. The van der Waals surface area contributed by atoms with E-state index in [2.05, 4.69) is 12.2 Å². The highest BCUT2D eigenvalue weighted by Gasteiger charge is 2.27. The van der Waals surface area contributed by atoms with E-state index in [4.69, 9.17) is 23.2 Å². The number of alkyl halides is 2. The molecule has 3 atom stereocenters. The first kappa shape index (κ1) is 12.6. The van der Waals surface area contributed by atoms with Crippen LogP contribution in [-0.2, 0) is 0 Å². The fourth-order valence-electron chi connectivity index (χ4n) is 2.18. The van der Waals surface area contributed by atoms with Gasteiger partial charge in [-0.15, -0.1) is 23.2 Å². The second kappa shape index (κ2) is 6.16. The largest absolute Gasteiger partial charge is 0.390 e. The van der Waals surface area contributed by atoms with Crippen molar-refractivity contribution in [2.24, 2.45) is 11.8 Å². The molecule has 1 fully saturated rings. The van der Waals surface area contributed by atoms with Crippen molar-refractivity contribution in [2.45, 2.75) is 37.1 Å². The van der Waals surface area contributed by atoms with Crippen molar-refractivity contribution >= 4 is 23.2 Å². The van der Waals surface area contributed by atoms with Crippen molar-refractivity contribution in [3.05, 3.63) is 0 Å². The third-order valence-corrected chi connectivity index (χ3v) is 3.71. The minimum atomic E-state index is -0.651. The summed E-state index contributed by atoms with van der Waals surface area (Å²) in [7, 11) is 0. The standard InChI is InChI=1S/C10H19Cl2NO/c1-2-7-6-13-4-3-8(7)5-9(14)10(11)12/h7-10,13-14H,2-6H2,1H3. The average Bonchev–Trinajstić information content (AvgIpc) is 2.18. The third-order valence-electron chi connectivity index (χ3n) is 3.12. The molecule has 0 aliphatic carbocycles. The lowest BCUT2D eigenvalue weighted by atomic mass is 9.81. The van der Waals surface area contributed by atoms with Gasteiger partial charge in [-0.3, -0.25) is 0 Å². The molecule has 1 saturated heterocycles. The molecular formula is C10H19Cl2NO. The first-order chi connectivity index (χ1) is 6.65. The van der Waals surface area contributed by atoms with Crippen LogP contribution in [0.4, 0.5) is 0 Å². The fraction of sp³-hybridized carbons (Fsp3) is 1.00. The van der Waals surface area contributed by atoms with Gasteiger partial charge >= 0.3 is 0 Å². The Morgan fingerprint density at radius 2 is 2.14 bits per heavy atom. The smallest absolute Gasteiger partial charge is 0.133 e. The Balaban J connectivity index is 2.40. The molecule has 1 aliphatic rings. The van der Waals surface area contributed by atoms with Gasteiger partial charge in [0, 0.05) is 0 Å². The van der Waals surface area contributed by atoms with E-state index in [0.29, 0.717) is 11.8 Å². The van der Waals surface area contributed by atoms with Crippen molar-refractivity contribution in [2.75, 3.05) is 13.1 Å². The molecule has 14 heavy (non-hydrogen) atoms. The second-order valence-electron chi connectivity index (χ2n) is 4.06. The van der Waals surface area contributed by atoms with Crippen molar-refractivity contribution in [1.82, 2.24) is 5.32 Å². The van der Waals surface area contributed by atoms with Gasteiger partial charge in [-0.2, -0.15) is 0 Å². The number of rotatable bonds is 4. The minimum absolute atomic E-state index is 0.566. The van der Waals surface area contributed by atoms with Gasteiger partial charge in [0.15, 0.2) is 0 Å². The van der Waals surface area contributed by atoms with E-state index in [9.17, 15) is 5.11 Å². The van der Waals surface area contributed by atoms with Gasteiger partial charge < -0.3 is 10.4 Å². The maximum Gasteiger partial charge on any atom is 0.133 e. The molecular weight excluding hydrogens is 221 g/mol. The molecule has 0 amide bonds. The van der Waals surface area contributed by atoms with E-state index in [1.165, 1.54) is 0 Å². The molecule has 2 nitrogen and oxygen atoms in total. The van der Waals surface area contributed by atoms with E-state index in [1.54, 1.807) is 0 Å². The molecule has 0 saturated carbocycles. The van der Waals surface area contributed by atoms with Gasteiger partial charge in [-0.1, -0.05) is 13.3 Å². The molecule has 0 spiro atoms. The van der Waals surface area contributed by atoms with Crippen LogP contribution in [0.5, 0.6) is 0 Å². The molecule has 0 aromatic rings. The van der Waals surface area contributed by atoms with Crippen LogP contribution in [0.2, 0.25) is 0 Å². The van der Waals surface area contributed by atoms with Crippen molar-refractivity contribution in [1.29, 1.82) is 0 Å². The van der Waals surface area contributed by atoms with Gasteiger partial charge in [0.1, 0.15) is 4.84 Å². The first-order valence-corrected chi connectivity index (χ1v) is 6.19. The van der Waals surface area contributed by atoms with E-state index >= 15 is 0 Å². The zero-order chi connectivity index (χ0) is 10.6. The summed E-state index contributed by atoms with van der Waals surface area (Å²) in [6.07, 6.45) is 2.43. The lowest BCUT2D eigenvalue weighted by molar-refractivity contribution is 0.118. The van der Waals surface area contributed by atoms with Crippen molar-refractivity contribution in [3.8, 4) is 0 Å². The van der Waals surface area contributed by atoms with Crippen LogP contribution in [0, 0.1) is 11.8 Å². The molecule has 2 N–H and O–H groups in total. The Labute approximate surface area is 96.0 Å². The van der Waals surface area contributed by atoms with Gasteiger partial charge in [-0.25, -0.2) is 0 Å². The summed E-state index contributed by atoms with van der Waals surface area (Å²) >= 11 is 11.3. The Morgan fingerprint density at radius 1 is 1.43 bits per heavy atom. The highest BCUT2D eigenvalue weighted by molar-refractivity contribution is 6.44. The maximum atomic E-state index is 9.61. The predicted molar refractivity (Wildman–Crippen MR) is 60.9 cm³/mol. The number of hydrogen-bond donors (Lipinski definition) is 2. The topological polar surface area (TPSA) is 32.3 Å². The monoisotopic (exact) mass is 239 g/mol. The Hall–Kier alpha value is 0.500. The molecule has 1 rings (SSSR count). The van der Waals surface area contributed by atoms with Crippen molar-refractivity contribution < 1.29 is 5.11 Å². The third kappa shape index (κ3) is 3.58. The molecule has 0 bridgehead atoms. The highest BCUT2D eigenvalue weighted by Crippen LogP contribution is 2.28. The number of aliphatic hydroxyl groups is 1. The quantitative estimate of drug-likeness (QED) is 0.738. The summed E-state index contributed by atoms with van der Waals surface area (Å²) < 4.78 is 0.